The number of thiazole rings is 1. The van der Waals surface area contributed by atoms with Crippen LogP contribution in [0.1, 0.15) is 71.4 Å². The summed E-state index contributed by atoms with van der Waals surface area (Å²) >= 11 is 1.53. The van der Waals surface area contributed by atoms with E-state index < -0.39 is 24.1 Å². The van der Waals surface area contributed by atoms with Gasteiger partial charge in [0.1, 0.15) is 30.1 Å². The lowest BCUT2D eigenvalue weighted by molar-refractivity contribution is -0.143. The van der Waals surface area contributed by atoms with Crippen molar-refractivity contribution in [3.05, 3.63) is 130 Å². The van der Waals surface area contributed by atoms with Crippen LogP contribution < -0.4 is 10.1 Å². The summed E-state index contributed by atoms with van der Waals surface area (Å²) in [7, 11) is 0. The molecule has 3 atom stereocenters. The third kappa shape index (κ3) is 11.8. The molecule has 5 heterocycles. The minimum atomic E-state index is -0.911. The fourth-order valence-corrected chi connectivity index (χ4v) is 10.7. The Labute approximate surface area is 428 Å². The van der Waals surface area contributed by atoms with Crippen molar-refractivity contribution < 1.29 is 43.6 Å². The van der Waals surface area contributed by atoms with Crippen molar-refractivity contribution in [2.75, 3.05) is 52.8 Å². The van der Waals surface area contributed by atoms with E-state index in [0.717, 1.165) is 80.2 Å². The molecule has 0 radical (unpaired) electrons. The van der Waals surface area contributed by atoms with Gasteiger partial charge in [-0.05, 0) is 78.6 Å². The maximum absolute atomic E-state index is 14.3. The van der Waals surface area contributed by atoms with Gasteiger partial charge in [0.05, 0.1) is 60.9 Å². The van der Waals surface area contributed by atoms with E-state index in [4.69, 9.17) is 24.0 Å². The van der Waals surface area contributed by atoms with E-state index in [9.17, 15) is 24.7 Å². The van der Waals surface area contributed by atoms with Crippen LogP contribution in [0, 0.1) is 12.8 Å². The molecule has 0 bridgehead atoms. The summed E-state index contributed by atoms with van der Waals surface area (Å²) in [6.45, 7) is 9.57. The summed E-state index contributed by atoms with van der Waals surface area (Å²) in [5.41, 5.74) is 12.6. The Morgan fingerprint density at radius 2 is 1.62 bits per heavy atom. The zero-order valence-electron chi connectivity index (χ0n) is 41.4. The quantitative estimate of drug-likeness (QED) is 0.0339. The van der Waals surface area contributed by atoms with Crippen LogP contribution in [0.5, 0.6) is 5.75 Å². The lowest BCUT2D eigenvalue weighted by Crippen LogP contribution is -2.55. The number of oxime groups is 1. The SMILES string of the molecule is Cc1ncsc1-c1ccc(CNC(=O)[C@@H]2C[C@@H](O)CN2C(=O)[C@H](C(C)C)N2Cc3ccccc3C2=O)c(OCCOCCOCCOCCCn2cc(-c3ccc4c(c3)CC/C4=N\O)c(-c3ccncc3)n2)c1. The third-order valence-electron chi connectivity index (χ3n) is 13.6. The van der Waals surface area contributed by atoms with Gasteiger partial charge in [0.15, 0.2) is 0 Å². The largest absolute Gasteiger partial charge is 0.491 e. The highest BCUT2D eigenvalue weighted by atomic mass is 32.1. The van der Waals surface area contributed by atoms with Crippen molar-refractivity contribution >= 4 is 34.8 Å². The standard InChI is InChI=1S/C55H62N8O9S/c1-35(2)51(63-31-42-7-4-5-8-45(42)54(63)66)55(67)62-32-43(64)29-48(62)53(65)57-30-41-10-9-40(52-36(3)58-34-73-52)28-49(41)72-26-25-71-24-23-70-22-21-69-20-6-19-61-33-46(50(59-61)37-15-17-56-18-16-37)39-11-13-44-38(27-39)12-14-47(44)60-68/h4-5,7-11,13,15-18,27-28,33-35,43,48,51,64,68H,6,12,14,19-26,29-32H2,1-3H3,(H,57,65)/b60-47+/t43-,48+,51+/m1/s1. The fourth-order valence-electron chi connectivity index (χ4n) is 9.90. The second kappa shape index (κ2) is 23.8. The van der Waals surface area contributed by atoms with Crippen LogP contribution in [0.25, 0.3) is 32.8 Å². The molecule has 3 aliphatic rings. The van der Waals surface area contributed by atoms with Crippen LogP contribution >= 0.6 is 11.3 Å². The Bertz CT molecular complexity index is 2920. The first kappa shape index (κ1) is 51.1. The van der Waals surface area contributed by atoms with Gasteiger partial charge in [-0.25, -0.2) is 4.98 Å². The lowest BCUT2D eigenvalue weighted by Gasteiger charge is -2.35. The van der Waals surface area contributed by atoms with E-state index in [2.05, 4.69) is 38.8 Å². The molecule has 6 aromatic rings. The maximum Gasteiger partial charge on any atom is 0.255 e. The van der Waals surface area contributed by atoms with E-state index in [-0.39, 0.29) is 43.8 Å². The van der Waals surface area contributed by atoms with E-state index in [1.165, 1.54) is 21.8 Å². The van der Waals surface area contributed by atoms with Crippen LogP contribution in [0.2, 0.25) is 0 Å². The molecule has 9 rings (SSSR count). The van der Waals surface area contributed by atoms with Crippen LogP contribution in [0.4, 0.5) is 0 Å². The Kier molecular flexibility index (Phi) is 16.7. The number of amides is 3. The van der Waals surface area contributed by atoms with Crippen molar-refractivity contribution in [1.29, 1.82) is 0 Å². The summed E-state index contributed by atoms with van der Waals surface area (Å²) in [6.07, 6.45) is 7.16. The smallest absolute Gasteiger partial charge is 0.255 e. The van der Waals surface area contributed by atoms with E-state index in [1.54, 1.807) is 28.9 Å². The summed E-state index contributed by atoms with van der Waals surface area (Å²) < 4.78 is 25.7. The van der Waals surface area contributed by atoms with Crippen molar-refractivity contribution in [1.82, 2.24) is 34.9 Å². The highest BCUT2D eigenvalue weighted by Gasteiger charge is 2.46. The number of aliphatic hydroxyl groups excluding tert-OH is 1. The molecular weight excluding hydrogens is 949 g/mol. The van der Waals surface area contributed by atoms with Gasteiger partial charge in [-0.15, -0.1) is 11.3 Å². The average Bonchev–Trinajstić information content (AvgIpc) is 4.26. The minimum Gasteiger partial charge on any atom is -0.491 e. The van der Waals surface area contributed by atoms with Gasteiger partial charge in [0.2, 0.25) is 11.8 Å². The number of carbonyl (C=O) groups is 3. The molecule has 3 aromatic carbocycles. The molecule has 1 fully saturated rings. The number of pyridine rings is 1. The van der Waals surface area contributed by atoms with Crippen molar-refractivity contribution in [2.24, 2.45) is 11.1 Å². The molecular formula is C55H62N8O9S. The predicted octanol–water partition coefficient (Wildman–Crippen LogP) is 6.95. The number of aromatic nitrogens is 4. The number of carbonyl (C=O) groups excluding carboxylic acids is 3. The first-order valence-corrected chi connectivity index (χ1v) is 25.8. The van der Waals surface area contributed by atoms with E-state index in [0.29, 0.717) is 64.0 Å². The molecule has 0 saturated carbocycles. The third-order valence-corrected chi connectivity index (χ3v) is 14.5. The minimum absolute atomic E-state index is 0.000801. The molecule has 3 aromatic heterocycles. The zero-order valence-corrected chi connectivity index (χ0v) is 42.3. The topological polar surface area (TPSA) is 203 Å². The molecule has 3 N–H and O–H groups in total. The number of aliphatic hydroxyl groups is 1. The number of nitrogens with one attached hydrogen (secondary N) is 1. The summed E-state index contributed by atoms with van der Waals surface area (Å²) in [4.78, 5) is 54.3. The van der Waals surface area contributed by atoms with E-state index >= 15 is 0 Å². The van der Waals surface area contributed by atoms with Crippen molar-refractivity contribution in [2.45, 2.75) is 84.3 Å². The molecule has 2 aliphatic heterocycles. The van der Waals surface area contributed by atoms with Gasteiger partial charge in [0, 0.05) is 85.6 Å². The molecule has 18 heteroatoms. The maximum atomic E-state index is 14.3. The van der Waals surface area contributed by atoms with E-state index in [1.807, 2.05) is 80.1 Å². The number of hydrogen-bond acceptors (Lipinski definition) is 14. The van der Waals surface area contributed by atoms with Crippen LogP contribution in [0.3, 0.4) is 0 Å². The lowest BCUT2D eigenvalue weighted by atomic mass is 9.98. The average molecular weight is 1010 g/mol. The Hall–Kier alpha value is -6.83. The second-order valence-corrected chi connectivity index (χ2v) is 19.7. The Balaban J connectivity index is 0.713. The highest BCUT2D eigenvalue weighted by molar-refractivity contribution is 7.13. The first-order valence-electron chi connectivity index (χ1n) is 24.9. The van der Waals surface area contributed by atoms with Gasteiger partial charge >= 0.3 is 0 Å². The van der Waals surface area contributed by atoms with Crippen LogP contribution in [-0.4, -0.2) is 134 Å². The number of nitrogens with zero attached hydrogens (tertiary/aromatic N) is 7. The summed E-state index contributed by atoms with van der Waals surface area (Å²) in [5, 5.41) is 31.6. The molecule has 382 valence electrons. The zero-order chi connectivity index (χ0) is 50.8. The molecule has 1 saturated heterocycles. The van der Waals surface area contributed by atoms with Crippen LogP contribution in [0.15, 0.2) is 102 Å². The van der Waals surface area contributed by atoms with Gasteiger partial charge in [-0.2, -0.15) is 5.10 Å². The number of hydrogen-bond donors (Lipinski definition) is 3. The van der Waals surface area contributed by atoms with Crippen LogP contribution in [-0.2, 0) is 49.9 Å². The highest BCUT2D eigenvalue weighted by Crippen LogP contribution is 2.36. The Morgan fingerprint density at radius 3 is 2.36 bits per heavy atom. The fraction of sp³-hybridized carbons (Fsp3) is 0.400. The monoisotopic (exact) mass is 1010 g/mol. The predicted molar refractivity (Wildman–Crippen MR) is 275 cm³/mol. The molecule has 73 heavy (non-hydrogen) atoms. The molecule has 3 amide bonds. The Morgan fingerprint density at radius 1 is 0.863 bits per heavy atom. The second-order valence-electron chi connectivity index (χ2n) is 18.8. The number of fused-ring (bicyclic) bond motifs is 2. The molecule has 0 spiro atoms. The summed E-state index contributed by atoms with van der Waals surface area (Å²) in [6, 6.07) is 21.6. The first-order chi connectivity index (χ1) is 35.6. The van der Waals surface area contributed by atoms with Gasteiger partial charge in [-0.1, -0.05) is 67.5 Å². The van der Waals surface area contributed by atoms with Gasteiger partial charge < -0.3 is 44.4 Å². The number of likely N-dealkylation sites (tertiary alicyclic amines) is 1. The van der Waals surface area contributed by atoms with Gasteiger partial charge in [0.25, 0.3) is 5.91 Å². The van der Waals surface area contributed by atoms with Crippen molar-refractivity contribution in [3.8, 4) is 38.6 Å². The number of benzene rings is 3. The molecule has 0 unspecified atom stereocenters. The molecule has 17 nitrogen and oxygen atoms in total. The number of β-amino-alcohol motifs (C(OH)–C–C–N with tert-alkyl or cyclic N) is 1. The molecule has 1 aliphatic carbocycles. The van der Waals surface area contributed by atoms with Crippen molar-refractivity contribution in [3.63, 3.8) is 0 Å². The number of aryl methyl sites for hydroxylation is 3. The summed E-state index contributed by atoms with van der Waals surface area (Å²) in [5.74, 6) is -0.618. The normalized spacial score (nSPS) is 17.2. The number of ether oxygens (including phenoxy) is 4. The van der Waals surface area contributed by atoms with Gasteiger partial charge in [-0.3, -0.25) is 24.0 Å². The number of rotatable bonds is 23.